The Balaban J connectivity index is 2.16. The molecule has 0 aliphatic rings. The quantitative estimate of drug-likeness (QED) is 0.798. The lowest BCUT2D eigenvalue weighted by Crippen LogP contribution is -2.12. The SMILES string of the molecule is N#CC(C#N)=C(C#N)Nc1ccc(Oc2ccnc(C(N)=O)c2)cc1. The zero-order chi connectivity index (χ0) is 18.2. The number of nitrogens with one attached hydrogen (secondary N) is 1. The lowest BCUT2D eigenvalue weighted by atomic mass is 10.2. The van der Waals surface area contributed by atoms with E-state index in [1.807, 2.05) is 0 Å². The standard InChI is InChI=1S/C17H10N6O2/c18-8-11(9-19)16(10-20)23-12-1-3-13(4-2-12)25-14-5-6-22-15(7-14)17(21)24/h1-7,23H,(H2,21,24). The molecule has 8 nitrogen and oxygen atoms in total. The van der Waals surface area contributed by atoms with Crippen LogP contribution in [0.25, 0.3) is 0 Å². The molecule has 3 N–H and O–H groups in total. The first-order valence-electron chi connectivity index (χ1n) is 6.82. The number of nitrogens with zero attached hydrogens (tertiary/aromatic N) is 4. The predicted molar refractivity (Wildman–Crippen MR) is 86.8 cm³/mol. The monoisotopic (exact) mass is 330 g/mol. The van der Waals surface area contributed by atoms with Gasteiger partial charge >= 0.3 is 0 Å². The average Bonchev–Trinajstić information content (AvgIpc) is 2.63. The molecule has 1 aromatic carbocycles. The van der Waals surface area contributed by atoms with Crippen molar-refractivity contribution in [2.24, 2.45) is 5.73 Å². The van der Waals surface area contributed by atoms with Crippen molar-refractivity contribution in [3.8, 4) is 29.7 Å². The van der Waals surface area contributed by atoms with Gasteiger partial charge in [-0.15, -0.1) is 0 Å². The van der Waals surface area contributed by atoms with Gasteiger partial charge in [-0.25, -0.2) is 0 Å². The average molecular weight is 330 g/mol. The van der Waals surface area contributed by atoms with Crippen molar-refractivity contribution in [2.75, 3.05) is 5.32 Å². The van der Waals surface area contributed by atoms with Crippen LogP contribution in [0.15, 0.2) is 53.9 Å². The molecule has 0 fully saturated rings. The van der Waals surface area contributed by atoms with Crippen molar-refractivity contribution >= 4 is 11.6 Å². The molecule has 2 aromatic rings. The van der Waals surface area contributed by atoms with Gasteiger partial charge in [-0.2, -0.15) is 15.8 Å². The fraction of sp³-hybridized carbons (Fsp3) is 0. The first-order chi connectivity index (χ1) is 12.1. The number of amides is 1. The van der Waals surface area contributed by atoms with Crippen LogP contribution in [0.2, 0.25) is 0 Å². The van der Waals surface area contributed by atoms with E-state index in [0.717, 1.165) is 0 Å². The van der Waals surface area contributed by atoms with E-state index in [2.05, 4.69) is 10.3 Å². The van der Waals surface area contributed by atoms with Gasteiger partial charge in [0.1, 0.15) is 41.1 Å². The largest absolute Gasteiger partial charge is 0.457 e. The molecule has 0 spiro atoms. The van der Waals surface area contributed by atoms with Crippen LogP contribution in [-0.4, -0.2) is 10.9 Å². The van der Waals surface area contributed by atoms with Crippen molar-refractivity contribution in [3.63, 3.8) is 0 Å². The van der Waals surface area contributed by atoms with Crippen molar-refractivity contribution in [2.45, 2.75) is 0 Å². The molecule has 1 heterocycles. The number of nitrogens with two attached hydrogens (primary N) is 1. The summed E-state index contributed by atoms with van der Waals surface area (Å²) in [7, 11) is 0. The summed E-state index contributed by atoms with van der Waals surface area (Å²) in [4.78, 5) is 14.9. The van der Waals surface area contributed by atoms with Gasteiger partial charge in [0.05, 0.1) is 0 Å². The van der Waals surface area contributed by atoms with Crippen LogP contribution in [-0.2, 0) is 0 Å². The van der Waals surface area contributed by atoms with Gasteiger partial charge in [0.15, 0.2) is 5.57 Å². The van der Waals surface area contributed by atoms with E-state index >= 15 is 0 Å². The number of carbonyl (C=O) groups excluding carboxylic acids is 1. The number of carbonyl (C=O) groups is 1. The van der Waals surface area contributed by atoms with Crippen LogP contribution >= 0.6 is 0 Å². The summed E-state index contributed by atoms with van der Waals surface area (Å²) in [5.74, 6) is 0.195. The van der Waals surface area contributed by atoms with Gasteiger partial charge in [0, 0.05) is 18.0 Å². The van der Waals surface area contributed by atoms with Crippen LogP contribution in [0.1, 0.15) is 10.5 Å². The highest BCUT2D eigenvalue weighted by Crippen LogP contribution is 2.23. The van der Waals surface area contributed by atoms with Gasteiger partial charge in [-0.05, 0) is 30.3 Å². The molecule has 8 heteroatoms. The molecule has 0 aliphatic carbocycles. The molecule has 0 aliphatic heterocycles. The third-order valence-corrected chi connectivity index (χ3v) is 2.93. The number of hydrogen-bond donors (Lipinski definition) is 2. The zero-order valence-corrected chi connectivity index (χ0v) is 12.7. The number of ether oxygens (including phenoxy) is 1. The number of pyridine rings is 1. The summed E-state index contributed by atoms with van der Waals surface area (Å²) < 4.78 is 5.59. The highest BCUT2D eigenvalue weighted by Gasteiger charge is 2.07. The Morgan fingerprint density at radius 2 is 1.72 bits per heavy atom. The molecule has 0 bridgehead atoms. The molecule has 0 saturated carbocycles. The van der Waals surface area contributed by atoms with Crippen LogP contribution in [0.3, 0.4) is 0 Å². The van der Waals surface area contributed by atoms with Crippen LogP contribution in [0.5, 0.6) is 11.5 Å². The summed E-state index contributed by atoms with van der Waals surface area (Å²) in [5.41, 5.74) is 5.30. The molecule has 0 radical (unpaired) electrons. The Labute approximate surface area is 143 Å². The molecule has 1 aromatic heterocycles. The lowest BCUT2D eigenvalue weighted by Gasteiger charge is -2.08. The molecule has 2 rings (SSSR count). The van der Waals surface area contributed by atoms with Crippen molar-refractivity contribution < 1.29 is 9.53 Å². The number of anilines is 1. The number of nitriles is 3. The fourth-order valence-corrected chi connectivity index (χ4v) is 1.78. The molecule has 0 unspecified atom stereocenters. The van der Waals surface area contributed by atoms with Crippen LogP contribution < -0.4 is 15.8 Å². The van der Waals surface area contributed by atoms with Crippen molar-refractivity contribution in [1.82, 2.24) is 4.98 Å². The second-order valence-corrected chi connectivity index (χ2v) is 4.58. The first-order valence-corrected chi connectivity index (χ1v) is 6.82. The summed E-state index contributed by atoms with van der Waals surface area (Å²) in [5, 5.41) is 29.3. The maximum Gasteiger partial charge on any atom is 0.267 e. The number of allylic oxidation sites excluding steroid dienone is 2. The Hall–Kier alpha value is -4.35. The summed E-state index contributed by atoms with van der Waals surface area (Å²) in [6, 6.07) is 14.5. The maximum atomic E-state index is 11.1. The second-order valence-electron chi connectivity index (χ2n) is 4.58. The Bertz CT molecular complexity index is 942. The summed E-state index contributed by atoms with van der Waals surface area (Å²) >= 11 is 0. The highest BCUT2D eigenvalue weighted by molar-refractivity contribution is 5.91. The number of aromatic nitrogens is 1. The molecule has 25 heavy (non-hydrogen) atoms. The van der Waals surface area contributed by atoms with Gasteiger partial charge in [0.2, 0.25) is 0 Å². The Morgan fingerprint density at radius 3 is 2.28 bits per heavy atom. The van der Waals surface area contributed by atoms with Gasteiger partial charge in [-0.3, -0.25) is 9.78 Å². The second kappa shape index (κ2) is 7.77. The van der Waals surface area contributed by atoms with E-state index in [-0.39, 0.29) is 17.0 Å². The molecule has 0 atom stereocenters. The maximum absolute atomic E-state index is 11.1. The van der Waals surface area contributed by atoms with E-state index in [9.17, 15) is 4.79 Å². The minimum Gasteiger partial charge on any atom is -0.457 e. The number of rotatable bonds is 5. The first kappa shape index (κ1) is 17.0. The highest BCUT2D eigenvalue weighted by atomic mass is 16.5. The lowest BCUT2D eigenvalue weighted by molar-refractivity contribution is 0.0995. The Morgan fingerprint density at radius 1 is 1.04 bits per heavy atom. The number of benzene rings is 1. The summed E-state index contributed by atoms with van der Waals surface area (Å²) in [6.07, 6.45) is 1.40. The molecule has 120 valence electrons. The smallest absolute Gasteiger partial charge is 0.267 e. The van der Waals surface area contributed by atoms with E-state index < -0.39 is 5.91 Å². The van der Waals surface area contributed by atoms with Gasteiger partial charge in [0.25, 0.3) is 5.91 Å². The number of hydrogen-bond acceptors (Lipinski definition) is 7. The van der Waals surface area contributed by atoms with Crippen LogP contribution in [0, 0.1) is 34.0 Å². The Kier molecular flexibility index (Phi) is 5.29. The zero-order valence-electron chi connectivity index (χ0n) is 12.7. The molecule has 0 saturated heterocycles. The normalized spacial score (nSPS) is 9.00. The third-order valence-electron chi connectivity index (χ3n) is 2.93. The topological polar surface area (TPSA) is 149 Å². The number of primary amides is 1. The predicted octanol–water partition coefficient (Wildman–Crippen LogP) is 2.21. The van der Waals surface area contributed by atoms with E-state index in [1.165, 1.54) is 12.3 Å². The molecular formula is C17H10N6O2. The van der Waals surface area contributed by atoms with E-state index in [1.54, 1.807) is 48.5 Å². The minimum absolute atomic E-state index is 0.0834. The van der Waals surface area contributed by atoms with Crippen LogP contribution in [0.4, 0.5) is 5.69 Å². The minimum atomic E-state index is -0.661. The van der Waals surface area contributed by atoms with Crippen molar-refractivity contribution in [3.05, 3.63) is 59.6 Å². The van der Waals surface area contributed by atoms with Crippen molar-refractivity contribution in [1.29, 1.82) is 15.8 Å². The molecular weight excluding hydrogens is 320 g/mol. The van der Waals surface area contributed by atoms with Gasteiger partial charge in [-0.1, -0.05) is 0 Å². The fourth-order valence-electron chi connectivity index (χ4n) is 1.78. The van der Waals surface area contributed by atoms with Gasteiger partial charge < -0.3 is 15.8 Å². The van der Waals surface area contributed by atoms with E-state index in [0.29, 0.717) is 17.2 Å². The molecule has 1 amide bonds. The van der Waals surface area contributed by atoms with E-state index in [4.69, 9.17) is 26.3 Å². The summed E-state index contributed by atoms with van der Waals surface area (Å²) in [6.45, 7) is 0. The third kappa shape index (κ3) is 4.32.